The third-order valence-electron chi connectivity index (χ3n) is 6.26. The van der Waals surface area contributed by atoms with Gasteiger partial charge in [0.15, 0.2) is 11.6 Å². The van der Waals surface area contributed by atoms with Crippen molar-refractivity contribution in [2.75, 3.05) is 0 Å². The van der Waals surface area contributed by atoms with Gasteiger partial charge in [0.1, 0.15) is 11.5 Å². The van der Waals surface area contributed by atoms with E-state index < -0.39 is 23.9 Å². The third kappa shape index (κ3) is 3.92. The van der Waals surface area contributed by atoms with Gasteiger partial charge in [-0.25, -0.2) is 19.2 Å². The van der Waals surface area contributed by atoms with E-state index in [4.69, 9.17) is 9.47 Å². The number of Topliss-reactive ketones (excluding diaryl/α,β-unsaturated/α-hetero) is 2. The maximum absolute atomic E-state index is 12.7. The smallest absolute Gasteiger partial charge is 0.346 e. The Kier molecular flexibility index (Phi) is 5.20. The summed E-state index contributed by atoms with van der Waals surface area (Å²) in [6.07, 6.45) is -0.204. The molecular weight excluding hydrogens is 492 g/mol. The second-order valence-corrected chi connectivity index (χ2v) is 8.67. The van der Waals surface area contributed by atoms with E-state index in [1.54, 1.807) is 36.4 Å². The number of benzene rings is 4. The lowest BCUT2D eigenvalue weighted by molar-refractivity contribution is 0.0442. The molecule has 6 rings (SSSR count). The van der Waals surface area contributed by atoms with Crippen molar-refractivity contribution in [3.8, 4) is 11.5 Å². The molecule has 4 aromatic carbocycles. The highest BCUT2D eigenvalue weighted by molar-refractivity contribution is 6.24. The molecule has 1 aliphatic carbocycles. The third-order valence-corrected chi connectivity index (χ3v) is 6.26. The average molecular weight is 506 g/mol. The molecule has 1 aliphatic heterocycles. The van der Waals surface area contributed by atoms with Crippen molar-refractivity contribution in [1.29, 1.82) is 0 Å². The average Bonchev–Trinajstić information content (AvgIpc) is 3.36. The molecule has 0 fully saturated rings. The molecule has 9 heteroatoms. The zero-order chi connectivity index (χ0) is 26.6. The van der Waals surface area contributed by atoms with Crippen LogP contribution in [-0.4, -0.2) is 35.4 Å². The first-order valence-corrected chi connectivity index (χ1v) is 11.4. The summed E-state index contributed by atoms with van der Waals surface area (Å²) in [6.45, 7) is 0. The molecule has 0 saturated heterocycles. The van der Waals surface area contributed by atoms with Gasteiger partial charge in [0, 0.05) is 11.1 Å². The van der Waals surface area contributed by atoms with Crippen molar-refractivity contribution < 1.29 is 43.0 Å². The van der Waals surface area contributed by atoms with Crippen LogP contribution in [0, 0.1) is 0 Å². The quantitative estimate of drug-likeness (QED) is 0.225. The van der Waals surface area contributed by atoms with Gasteiger partial charge in [-0.05, 0) is 71.4 Å². The van der Waals surface area contributed by atoms with Gasteiger partial charge in [-0.2, -0.15) is 0 Å². The van der Waals surface area contributed by atoms with Crippen LogP contribution in [0.2, 0.25) is 0 Å². The molecule has 0 bridgehead atoms. The number of ether oxygens (including phenoxy) is 3. The SMILES string of the molecule is O=C(Oc1ccc2ccc(OC(=O)c3ccc4c(c3)C(=O)OC4=O)cc2c1)c1ccc2c(c1)C(=O)CC2=O. The Balaban J connectivity index is 1.21. The second kappa shape index (κ2) is 8.59. The summed E-state index contributed by atoms with van der Waals surface area (Å²) in [7, 11) is 0. The van der Waals surface area contributed by atoms with Crippen LogP contribution in [0.15, 0.2) is 72.8 Å². The first-order chi connectivity index (χ1) is 18.3. The number of hydrogen-bond donors (Lipinski definition) is 0. The van der Waals surface area contributed by atoms with E-state index in [1.807, 2.05) is 0 Å². The Morgan fingerprint density at radius 2 is 1.08 bits per heavy atom. The Hall–Kier alpha value is -5.44. The molecule has 0 radical (unpaired) electrons. The van der Waals surface area contributed by atoms with Gasteiger partial charge < -0.3 is 14.2 Å². The normalized spacial score (nSPS) is 13.8. The molecule has 0 saturated carbocycles. The number of carbonyl (C=O) groups is 6. The van der Waals surface area contributed by atoms with E-state index in [9.17, 15) is 28.8 Å². The van der Waals surface area contributed by atoms with Crippen molar-refractivity contribution in [3.05, 3.63) is 106 Å². The molecule has 2 aliphatic rings. The number of carbonyl (C=O) groups excluding carboxylic acids is 6. The first kappa shape index (κ1) is 23.0. The number of ketones is 2. The van der Waals surface area contributed by atoms with Gasteiger partial charge >= 0.3 is 23.9 Å². The number of esters is 4. The largest absolute Gasteiger partial charge is 0.423 e. The number of cyclic esters (lactones) is 2. The number of fused-ring (bicyclic) bond motifs is 3. The molecule has 0 spiro atoms. The first-order valence-electron chi connectivity index (χ1n) is 11.4. The van der Waals surface area contributed by atoms with E-state index in [2.05, 4.69) is 4.74 Å². The summed E-state index contributed by atoms with van der Waals surface area (Å²) in [5.41, 5.74) is 0.782. The van der Waals surface area contributed by atoms with E-state index in [0.29, 0.717) is 10.9 Å². The van der Waals surface area contributed by atoms with Crippen LogP contribution in [0.1, 0.15) is 68.6 Å². The molecular formula is C29H14O9. The van der Waals surface area contributed by atoms with Crippen LogP contribution in [0.3, 0.4) is 0 Å². The summed E-state index contributed by atoms with van der Waals surface area (Å²) in [4.78, 5) is 72.5. The van der Waals surface area contributed by atoms with Crippen molar-refractivity contribution in [1.82, 2.24) is 0 Å². The molecule has 0 N–H and O–H groups in total. The van der Waals surface area contributed by atoms with E-state index >= 15 is 0 Å². The molecule has 9 nitrogen and oxygen atoms in total. The molecule has 0 aromatic heterocycles. The van der Waals surface area contributed by atoms with Crippen molar-refractivity contribution in [2.24, 2.45) is 0 Å². The van der Waals surface area contributed by atoms with Crippen molar-refractivity contribution >= 4 is 46.2 Å². The number of rotatable bonds is 4. The second-order valence-electron chi connectivity index (χ2n) is 8.67. The zero-order valence-corrected chi connectivity index (χ0v) is 19.3. The Morgan fingerprint density at radius 3 is 1.71 bits per heavy atom. The lowest BCUT2D eigenvalue weighted by Gasteiger charge is -2.09. The monoisotopic (exact) mass is 506 g/mol. The lowest BCUT2D eigenvalue weighted by Crippen LogP contribution is -2.10. The van der Waals surface area contributed by atoms with Gasteiger partial charge in [-0.3, -0.25) is 9.59 Å². The van der Waals surface area contributed by atoms with E-state index in [0.717, 1.165) is 5.39 Å². The van der Waals surface area contributed by atoms with Crippen LogP contribution in [0.4, 0.5) is 0 Å². The molecule has 0 atom stereocenters. The van der Waals surface area contributed by atoms with E-state index in [-0.39, 0.29) is 57.3 Å². The predicted molar refractivity (Wildman–Crippen MR) is 130 cm³/mol. The minimum absolute atomic E-state index is 0.00578. The Labute approximate surface area is 213 Å². The topological polar surface area (TPSA) is 130 Å². The minimum Gasteiger partial charge on any atom is -0.423 e. The fraction of sp³-hybridized carbons (Fsp3) is 0.0345. The van der Waals surface area contributed by atoms with Crippen LogP contribution in [0.25, 0.3) is 10.8 Å². The standard InChI is InChI=1S/C29H14O9/c30-24-13-25(31)22-11-15(3-7-20(22)24)26(32)36-18-5-1-14-2-6-19(10-17(14)9-18)37-27(33)16-4-8-21-23(12-16)29(35)38-28(21)34/h1-12H,13H2. The highest BCUT2D eigenvalue weighted by atomic mass is 16.6. The van der Waals surface area contributed by atoms with Gasteiger partial charge in [-0.15, -0.1) is 0 Å². The molecule has 184 valence electrons. The highest BCUT2D eigenvalue weighted by Gasteiger charge is 2.31. The number of hydrogen-bond acceptors (Lipinski definition) is 9. The molecule has 4 aromatic rings. The maximum atomic E-state index is 12.7. The molecule has 0 unspecified atom stereocenters. The van der Waals surface area contributed by atoms with Crippen molar-refractivity contribution in [2.45, 2.75) is 6.42 Å². The molecule has 1 heterocycles. The lowest BCUT2D eigenvalue weighted by atomic mass is 10.1. The highest BCUT2D eigenvalue weighted by Crippen LogP contribution is 2.28. The van der Waals surface area contributed by atoms with Gasteiger partial charge in [0.25, 0.3) is 0 Å². The molecule has 38 heavy (non-hydrogen) atoms. The maximum Gasteiger partial charge on any atom is 0.346 e. The van der Waals surface area contributed by atoms with Crippen LogP contribution < -0.4 is 9.47 Å². The zero-order valence-electron chi connectivity index (χ0n) is 19.3. The van der Waals surface area contributed by atoms with Crippen LogP contribution in [0.5, 0.6) is 11.5 Å². The summed E-state index contributed by atoms with van der Waals surface area (Å²) in [5, 5.41) is 1.39. The summed E-state index contributed by atoms with van der Waals surface area (Å²) < 4.78 is 15.4. The van der Waals surface area contributed by atoms with E-state index in [1.165, 1.54) is 36.4 Å². The summed E-state index contributed by atoms with van der Waals surface area (Å²) in [6, 6.07) is 18.0. The Bertz CT molecular complexity index is 1650. The van der Waals surface area contributed by atoms with Gasteiger partial charge in [-0.1, -0.05) is 12.1 Å². The van der Waals surface area contributed by atoms with Crippen molar-refractivity contribution in [3.63, 3.8) is 0 Å². The van der Waals surface area contributed by atoms with Crippen LogP contribution >= 0.6 is 0 Å². The minimum atomic E-state index is -0.826. The summed E-state index contributed by atoms with van der Waals surface area (Å²) >= 11 is 0. The Morgan fingerprint density at radius 1 is 0.553 bits per heavy atom. The van der Waals surface area contributed by atoms with Gasteiger partial charge in [0.2, 0.25) is 0 Å². The predicted octanol–water partition coefficient (Wildman–Crippen LogP) is 4.36. The van der Waals surface area contributed by atoms with Gasteiger partial charge in [0.05, 0.1) is 28.7 Å². The van der Waals surface area contributed by atoms with Crippen LogP contribution in [-0.2, 0) is 4.74 Å². The summed E-state index contributed by atoms with van der Waals surface area (Å²) in [5.74, 6) is -3.22. The fourth-order valence-corrected chi connectivity index (χ4v) is 4.36. The fourth-order valence-electron chi connectivity index (χ4n) is 4.36. The molecule has 0 amide bonds.